The van der Waals surface area contributed by atoms with Crippen LogP contribution in [-0.4, -0.2) is 70.5 Å². The summed E-state index contributed by atoms with van der Waals surface area (Å²) in [5.74, 6) is 0. The lowest BCUT2D eigenvalue weighted by Gasteiger charge is -2.41. The third kappa shape index (κ3) is 6.03. The van der Waals surface area contributed by atoms with Crippen LogP contribution in [0.1, 0.15) is 0 Å². The van der Waals surface area contributed by atoms with Gasteiger partial charge in [0, 0.05) is 40.7 Å². The van der Waals surface area contributed by atoms with Crippen molar-refractivity contribution < 1.29 is 34.5 Å². The molecule has 30 heavy (non-hydrogen) atoms. The summed E-state index contributed by atoms with van der Waals surface area (Å²) in [4.78, 5) is 0. The van der Waals surface area contributed by atoms with Crippen LogP contribution >= 0.6 is 0 Å². The van der Waals surface area contributed by atoms with Crippen LogP contribution in [0.2, 0.25) is 6.55 Å². The normalized spacial score (nSPS) is 17.9. The fraction of sp³-hybridized carbons (Fsp3) is 0.333. The molecule has 0 fully saturated rings. The Labute approximate surface area is 184 Å². The second-order valence-corrected chi connectivity index (χ2v) is 17.9. The predicted molar refractivity (Wildman–Crippen MR) is 124 cm³/mol. The van der Waals surface area contributed by atoms with E-state index in [1.165, 1.54) is 39.8 Å². The Morgan fingerprint density at radius 2 is 1.17 bits per heavy atom. The van der Waals surface area contributed by atoms with Crippen molar-refractivity contribution in [2.75, 3.05) is 35.5 Å². The monoisotopic (exact) mass is 488 g/mol. The van der Waals surface area contributed by atoms with Gasteiger partial charge in [-0.1, -0.05) is 49.2 Å². The van der Waals surface area contributed by atoms with Crippen molar-refractivity contribution in [2.45, 2.75) is 6.55 Å². The summed E-state index contributed by atoms with van der Waals surface area (Å²) in [6, 6.07) is 9.31. The van der Waals surface area contributed by atoms with Crippen molar-refractivity contribution in [1.82, 2.24) is 0 Å². The van der Waals surface area contributed by atoms with Crippen molar-refractivity contribution >= 4 is 40.2 Å². The molecular weight excluding hydrogens is 457 g/mol. The molecule has 0 spiro atoms. The molecule has 0 amide bonds. The van der Waals surface area contributed by atoms with Gasteiger partial charge in [-0.05, 0) is 17.9 Å². The van der Waals surface area contributed by atoms with Crippen molar-refractivity contribution in [3.8, 4) is 0 Å². The van der Waals surface area contributed by atoms with Gasteiger partial charge >= 0.3 is 35.0 Å². The van der Waals surface area contributed by atoms with E-state index in [1.807, 2.05) is 36.9 Å². The third-order valence-electron chi connectivity index (χ3n) is 4.42. The summed E-state index contributed by atoms with van der Waals surface area (Å²) < 4.78 is 47.5. The molecule has 0 radical (unpaired) electrons. The van der Waals surface area contributed by atoms with E-state index in [-0.39, 0.29) is 0 Å². The molecule has 0 N–H and O–H groups in total. The fourth-order valence-corrected chi connectivity index (χ4v) is 15.0. The quantitative estimate of drug-likeness (QED) is 0.348. The van der Waals surface area contributed by atoms with Gasteiger partial charge in [0.05, 0.1) is 0 Å². The van der Waals surface area contributed by atoms with Gasteiger partial charge in [0.1, 0.15) is 0 Å². The van der Waals surface area contributed by atoms with E-state index in [1.54, 1.807) is 12.8 Å². The molecule has 1 rings (SSSR count). The van der Waals surface area contributed by atoms with E-state index in [4.69, 9.17) is 34.5 Å². The first-order valence-corrected chi connectivity index (χ1v) is 16.8. The minimum Gasteiger partial charge on any atom is -0.395 e. The Balaban J connectivity index is 3.59. The van der Waals surface area contributed by atoms with E-state index in [9.17, 15) is 0 Å². The zero-order valence-electron chi connectivity index (χ0n) is 18.5. The maximum Gasteiger partial charge on any atom is 0.521 e. The van der Waals surface area contributed by atoms with Crippen molar-refractivity contribution in [3.05, 3.63) is 67.2 Å². The molecule has 12 heteroatoms. The second-order valence-electron chi connectivity index (χ2n) is 6.08. The summed E-state index contributed by atoms with van der Waals surface area (Å²) in [7, 11) is -6.02. The number of hydrogen-bond acceptors (Lipinski definition) is 8. The van der Waals surface area contributed by atoms with Crippen LogP contribution in [0.5, 0.6) is 0 Å². The van der Waals surface area contributed by atoms with Crippen LogP contribution in [0, 0.1) is 0 Å². The first-order chi connectivity index (χ1) is 14.2. The standard InChI is InChI=1S/C18H32O8Si4/c1-10-27(9,19-4)24-30(23-8,18-16-14-13-15-17-18)26-29(12-3,22-7)25-28(11-2,20-5)21-6/h10-17H,1-3H2,4-9H3. The first-order valence-electron chi connectivity index (χ1n) is 9.04. The van der Waals surface area contributed by atoms with Crippen molar-refractivity contribution in [3.63, 3.8) is 0 Å². The summed E-state index contributed by atoms with van der Waals surface area (Å²) in [6.07, 6.45) is 0. The SMILES string of the molecule is C=C[Si](C)(OC)O[Si](OC)(O[Si](C=C)(OC)O[Si](C=C)(OC)OC)c1ccccc1. The summed E-state index contributed by atoms with van der Waals surface area (Å²) >= 11 is 0. The second kappa shape index (κ2) is 11.6. The number of rotatable bonds is 15. The highest BCUT2D eigenvalue weighted by atomic mass is 28.5. The molecule has 3 unspecified atom stereocenters. The van der Waals surface area contributed by atoms with E-state index in [0.717, 1.165) is 0 Å². The summed E-state index contributed by atoms with van der Waals surface area (Å²) in [5, 5.41) is 0.699. The lowest BCUT2D eigenvalue weighted by molar-refractivity contribution is 0.0963. The summed E-state index contributed by atoms with van der Waals surface area (Å²) in [6.45, 7) is 13.3. The van der Waals surface area contributed by atoms with E-state index in [0.29, 0.717) is 5.19 Å². The van der Waals surface area contributed by atoms with E-state index >= 15 is 0 Å². The maximum absolute atomic E-state index is 6.52. The Hall–Kier alpha value is -1.01. The Morgan fingerprint density at radius 1 is 0.633 bits per heavy atom. The Kier molecular flexibility index (Phi) is 10.4. The molecule has 0 aliphatic heterocycles. The Bertz CT molecular complexity index is 705. The molecule has 0 aliphatic rings. The molecule has 1 aromatic rings. The lowest BCUT2D eigenvalue weighted by atomic mass is 10.4. The van der Waals surface area contributed by atoms with Crippen LogP contribution in [0.25, 0.3) is 0 Å². The molecule has 0 bridgehead atoms. The molecule has 1 aromatic carbocycles. The van der Waals surface area contributed by atoms with Gasteiger partial charge in [-0.3, -0.25) is 0 Å². The zero-order chi connectivity index (χ0) is 22.9. The van der Waals surface area contributed by atoms with Gasteiger partial charge in [-0.2, -0.15) is 0 Å². The van der Waals surface area contributed by atoms with Crippen LogP contribution in [0.3, 0.4) is 0 Å². The average molecular weight is 489 g/mol. The largest absolute Gasteiger partial charge is 0.521 e. The average Bonchev–Trinajstić information content (AvgIpc) is 2.82. The molecule has 0 aliphatic carbocycles. The van der Waals surface area contributed by atoms with Gasteiger partial charge in [-0.15, -0.1) is 6.58 Å². The smallest absolute Gasteiger partial charge is 0.395 e. The van der Waals surface area contributed by atoms with Crippen LogP contribution < -0.4 is 5.19 Å². The molecule has 168 valence electrons. The topological polar surface area (TPSA) is 73.8 Å². The van der Waals surface area contributed by atoms with Crippen LogP contribution in [0.15, 0.2) is 67.2 Å². The van der Waals surface area contributed by atoms with E-state index < -0.39 is 35.0 Å². The lowest BCUT2D eigenvalue weighted by Crippen LogP contribution is -2.69. The highest BCUT2D eigenvalue weighted by Gasteiger charge is 2.59. The zero-order valence-corrected chi connectivity index (χ0v) is 22.5. The number of benzene rings is 1. The van der Waals surface area contributed by atoms with Crippen molar-refractivity contribution in [2.24, 2.45) is 0 Å². The fourth-order valence-electron chi connectivity index (χ4n) is 2.45. The molecule has 0 aromatic heterocycles. The highest BCUT2D eigenvalue weighted by Crippen LogP contribution is 2.27. The molecule has 3 atom stereocenters. The van der Waals surface area contributed by atoms with Gasteiger partial charge < -0.3 is 34.5 Å². The van der Waals surface area contributed by atoms with E-state index in [2.05, 4.69) is 19.7 Å². The molecule has 0 saturated heterocycles. The van der Waals surface area contributed by atoms with Crippen molar-refractivity contribution in [1.29, 1.82) is 0 Å². The van der Waals surface area contributed by atoms with Gasteiger partial charge in [0.25, 0.3) is 0 Å². The third-order valence-corrected chi connectivity index (χ3v) is 17.4. The Morgan fingerprint density at radius 3 is 1.53 bits per heavy atom. The molecule has 8 nitrogen and oxygen atoms in total. The molecule has 0 heterocycles. The molecular formula is C18H32O8Si4. The van der Waals surface area contributed by atoms with Crippen LogP contribution in [0.4, 0.5) is 0 Å². The minimum absolute atomic E-state index is 0.699. The predicted octanol–water partition coefficient (Wildman–Crippen LogP) is 2.24. The van der Waals surface area contributed by atoms with Gasteiger partial charge in [-0.25, -0.2) is 0 Å². The van der Waals surface area contributed by atoms with Crippen LogP contribution in [-0.2, 0) is 34.5 Å². The highest BCUT2D eigenvalue weighted by molar-refractivity contribution is 6.92. The molecule has 0 saturated carbocycles. The summed E-state index contributed by atoms with van der Waals surface area (Å²) in [5.41, 5.74) is 4.61. The maximum atomic E-state index is 6.52. The van der Waals surface area contributed by atoms with Gasteiger partial charge in [0.2, 0.25) is 0 Å². The first kappa shape index (κ1) is 27.0. The minimum atomic E-state index is -3.66. The van der Waals surface area contributed by atoms with Gasteiger partial charge in [0.15, 0.2) is 0 Å². The number of hydrogen-bond donors (Lipinski definition) is 0.